The summed E-state index contributed by atoms with van der Waals surface area (Å²) in [6.07, 6.45) is 64.7. The van der Waals surface area contributed by atoms with Crippen LogP contribution in [0.4, 0.5) is 0 Å². The van der Waals surface area contributed by atoms with E-state index in [1.807, 2.05) is 0 Å². The van der Waals surface area contributed by atoms with Gasteiger partial charge in [0.2, 0.25) is 0 Å². The molecule has 2 nitrogen and oxygen atoms in total. The quantitative estimate of drug-likeness (QED) is 0.0626. The van der Waals surface area contributed by atoms with Crippen LogP contribution in [0.25, 0.3) is 0 Å². The molecule has 0 aliphatic heterocycles. The Kier molecular flexibility index (Phi) is 47.2. The molecule has 0 heterocycles. The largest absolute Gasteiger partial charge is 0.394 e. The van der Waals surface area contributed by atoms with Crippen LogP contribution in [0, 0.1) is 0 Å². The van der Waals surface area contributed by atoms with Crippen LogP contribution >= 0.6 is 0 Å². The first-order valence-electron chi connectivity index (χ1n) is 26.0. The lowest BCUT2D eigenvalue weighted by atomic mass is 9.84. The van der Waals surface area contributed by atoms with E-state index in [0.29, 0.717) is 6.61 Å². The van der Waals surface area contributed by atoms with E-state index in [4.69, 9.17) is 4.74 Å². The van der Waals surface area contributed by atoms with Gasteiger partial charge < -0.3 is 9.84 Å². The molecule has 0 unspecified atom stereocenters. The van der Waals surface area contributed by atoms with Crippen molar-refractivity contribution in [3.8, 4) is 0 Å². The Balaban J connectivity index is 4.42. The summed E-state index contributed by atoms with van der Waals surface area (Å²) in [5.74, 6) is 0. The van der Waals surface area contributed by atoms with Gasteiger partial charge in [-0.25, -0.2) is 0 Å². The molecule has 0 aliphatic carbocycles. The molecule has 326 valence electrons. The Morgan fingerprint density at radius 2 is 0.426 bits per heavy atom. The number of aliphatic hydroxyl groups is 1. The van der Waals surface area contributed by atoms with Crippen LogP contribution in [0.15, 0.2) is 0 Å². The maximum atomic E-state index is 9.80. The summed E-state index contributed by atoms with van der Waals surface area (Å²) in [7, 11) is 0. The fraction of sp³-hybridized carbons (Fsp3) is 1.00. The number of rotatable bonds is 49. The molecule has 0 radical (unpaired) electrons. The monoisotopic (exact) mass is 763 g/mol. The summed E-state index contributed by atoms with van der Waals surface area (Å²) in [5.41, 5.74) is 0.00747. The van der Waals surface area contributed by atoms with Crippen molar-refractivity contribution in [3.63, 3.8) is 0 Å². The van der Waals surface area contributed by atoms with Crippen LogP contribution in [0.3, 0.4) is 0 Å². The van der Waals surface area contributed by atoms with Gasteiger partial charge in [-0.15, -0.1) is 0 Å². The molecule has 0 spiro atoms. The van der Waals surface area contributed by atoms with Crippen LogP contribution < -0.4 is 0 Å². The summed E-state index contributed by atoms with van der Waals surface area (Å²) in [6, 6.07) is 0. The zero-order chi connectivity index (χ0) is 39.1. The summed E-state index contributed by atoms with van der Waals surface area (Å²) in [6.45, 7) is 7.62. The molecule has 2 heteroatoms. The minimum atomic E-state index is 0.00747. The van der Waals surface area contributed by atoms with Crippen molar-refractivity contribution in [3.05, 3.63) is 0 Å². The number of ether oxygens (including phenoxy) is 1. The molecular weight excluding hydrogens is 657 g/mol. The van der Waals surface area contributed by atoms with E-state index in [9.17, 15) is 5.11 Å². The van der Waals surface area contributed by atoms with Crippen molar-refractivity contribution >= 4 is 0 Å². The minimum Gasteiger partial charge on any atom is -0.394 e. The molecule has 0 aliphatic rings. The molecule has 0 amide bonds. The minimum absolute atomic E-state index is 0.00747. The smallest absolute Gasteiger partial charge is 0.0705 e. The van der Waals surface area contributed by atoms with Crippen molar-refractivity contribution < 1.29 is 9.84 Å². The van der Waals surface area contributed by atoms with E-state index in [-0.39, 0.29) is 12.2 Å². The third kappa shape index (κ3) is 41.6. The molecule has 0 saturated heterocycles. The van der Waals surface area contributed by atoms with Crippen LogP contribution in [0.5, 0.6) is 0 Å². The zero-order valence-electron chi connectivity index (χ0n) is 38.3. The maximum Gasteiger partial charge on any atom is 0.0705 e. The topological polar surface area (TPSA) is 29.5 Å². The standard InChI is InChI=1S/C52H106O2/c1-4-7-10-13-16-19-22-25-28-31-34-37-40-43-46-49-52(54-51-50-53,47-44-41-38-35-32-29-26-23-20-17-14-11-8-5-2)48-45-42-39-36-33-30-27-24-21-18-15-12-9-6-3/h53H,4-51H2,1-3H3. The van der Waals surface area contributed by atoms with E-state index in [1.165, 1.54) is 295 Å². The highest BCUT2D eigenvalue weighted by atomic mass is 16.5. The fourth-order valence-electron chi connectivity index (χ4n) is 8.96. The Morgan fingerprint density at radius 1 is 0.259 bits per heavy atom. The van der Waals surface area contributed by atoms with Gasteiger partial charge in [0, 0.05) is 0 Å². The van der Waals surface area contributed by atoms with E-state index in [1.54, 1.807) is 0 Å². The molecular formula is C52H106O2. The lowest BCUT2D eigenvalue weighted by molar-refractivity contribution is -0.0784. The number of unbranched alkanes of at least 4 members (excludes halogenated alkanes) is 40. The highest BCUT2D eigenvalue weighted by Gasteiger charge is 2.29. The first kappa shape index (κ1) is 53.9. The normalized spacial score (nSPS) is 12.0. The average Bonchev–Trinajstić information content (AvgIpc) is 3.18. The third-order valence-electron chi connectivity index (χ3n) is 12.7. The van der Waals surface area contributed by atoms with Gasteiger partial charge in [0.05, 0.1) is 18.8 Å². The molecule has 0 rings (SSSR count). The van der Waals surface area contributed by atoms with E-state index < -0.39 is 0 Å². The molecule has 0 aromatic carbocycles. The molecule has 0 saturated carbocycles. The SMILES string of the molecule is CCCCCCCCCCCCCCCCCC(CCCCCCCCCCCCCCCC)(CCCCCCCCCCCCCCCC)OCCO. The molecule has 0 fully saturated rings. The van der Waals surface area contributed by atoms with Crippen molar-refractivity contribution in [2.45, 2.75) is 322 Å². The summed E-state index contributed by atoms with van der Waals surface area (Å²) in [4.78, 5) is 0. The average molecular weight is 763 g/mol. The Labute approximate surface area is 343 Å². The third-order valence-corrected chi connectivity index (χ3v) is 12.7. The van der Waals surface area contributed by atoms with Gasteiger partial charge in [0.1, 0.15) is 0 Å². The zero-order valence-corrected chi connectivity index (χ0v) is 38.3. The van der Waals surface area contributed by atoms with Crippen LogP contribution in [0.2, 0.25) is 0 Å². The Bertz CT molecular complexity index is 614. The summed E-state index contributed by atoms with van der Waals surface area (Å²) >= 11 is 0. The molecule has 0 atom stereocenters. The van der Waals surface area contributed by atoms with Crippen molar-refractivity contribution in [2.24, 2.45) is 0 Å². The second-order valence-corrected chi connectivity index (χ2v) is 18.1. The van der Waals surface area contributed by atoms with Crippen molar-refractivity contribution in [2.75, 3.05) is 13.2 Å². The number of hydrogen-bond donors (Lipinski definition) is 1. The van der Waals surface area contributed by atoms with E-state index >= 15 is 0 Å². The van der Waals surface area contributed by atoms with Gasteiger partial charge in [-0.2, -0.15) is 0 Å². The van der Waals surface area contributed by atoms with Gasteiger partial charge in [0.15, 0.2) is 0 Å². The predicted octanol–water partition coefficient (Wildman–Crippen LogP) is 18.7. The first-order valence-corrected chi connectivity index (χ1v) is 26.0. The highest BCUT2D eigenvalue weighted by molar-refractivity contribution is 4.81. The lowest BCUT2D eigenvalue weighted by Gasteiger charge is -2.35. The molecule has 0 bridgehead atoms. The molecule has 1 N–H and O–H groups in total. The van der Waals surface area contributed by atoms with Gasteiger partial charge in [-0.05, 0) is 19.3 Å². The van der Waals surface area contributed by atoms with Crippen molar-refractivity contribution in [1.29, 1.82) is 0 Å². The Hall–Kier alpha value is -0.0800. The first-order chi connectivity index (χ1) is 26.7. The second kappa shape index (κ2) is 47.3. The fourth-order valence-corrected chi connectivity index (χ4v) is 8.96. The number of aliphatic hydroxyl groups excluding tert-OH is 1. The summed E-state index contributed by atoms with van der Waals surface area (Å²) < 4.78 is 6.67. The van der Waals surface area contributed by atoms with Crippen LogP contribution in [-0.2, 0) is 4.74 Å². The van der Waals surface area contributed by atoms with Crippen molar-refractivity contribution in [1.82, 2.24) is 0 Å². The Morgan fingerprint density at radius 3 is 0.593 bits per heavy atom. The second-order valence-electron chi connectivity index (χ2n) is 18.1. The molecule has 54 heavy (non-hydrogen) atoms. The van der Waals surface area contributed by atoms with E-state index in [0.717, 1.165) is 0 Å². The maximum absolute atomic E-state index is 9.80. The molecule has 0 aromatic rings. The van der Waals surface area contributed by atoms with Crippen LogP contribution in [-0.4, -0.2) is 23.9 Å². The predicted molar refractivity (Wildman–Crippen MR) is 245 cm³/mol. The van der Waals surface area contributed by atoms with Crippen LogP contribution in [0.1, 0.15) is 316 Å². The van der Waals surface area contributed by atoms with Gasteiger partial charge in [-0.3, -0.25) is 0 Å². The van der Waals surface area contributed by atoms with E-state index in [2.05, 4.69) is 20.8 Å². The molecule has 0 aromatic heterocycles. The lowest BCUT2D eigenvalue weighted by Crippen LogP contribution is -2.34. The number of hydrogen-bond acceptors (Lipinski definition) is 2. The summed E-state index contributed by atoms with van der Waals surface area (Å²) in [5, 5.41) is 9.80. The van der Waals surface area contributed by atoms with Gasteiger partial charge in [0.25, 0.3) is 0 Å². The highest BCUT2D eigenvalue weighted by Crippen LogP contribution is 2.33. The van der Waals surface area contributed by atoms with Gasteiger partial charge in [-0.1, -0.05) is 297 Å². The van der Waals surface area contributed by atoms with Gasteiger partial charge >= 0.3 is 0 Å².